The van der Waals surface area contributed by atoms with Gasteiger partial charge in [-0.1, -0.05) is 13.8 Å². The second-order valence-corrected chi connectivity index (χ2v) is 5.23. The van der Waals surface area contributed by atoms with E-state index in [1.165, 1.54) is 0 Å². The smallest absolute Gasteiger partial charge is 0.227 e. The van der Waals surface area contributed by atoms with Crippen molar-refractivity contribution in [3.05, 3.63) is 0 Å². The van der Waals surface area contributed by atoms with Crippen molar-refractivity contribution in [2.24, 2.45) is 17.8 Å². The molecule has 0 aromatic heterocycles. The van der Waals surface area contributed by atoms with Crippen LogP contribution in [0.2, 0.25) is 0 Å². The van der Waals surface area contributed by atoms with Gasteiger partial charge in [0.15, 0.2) is 0 Å². The fraction of sp³-hybridized carbons (Fsp3) is 0.833. The molecule has 2 amide bonds. The number of rotatable bonds is 1. The third kappa shape index (κ3) is 2.20. The monoisotopic (exact) mass is 224 g/mol. The molecular formula is C12H20N2O2. The number of hydrogen-bond acceptors (Lipinski definition) is 2. The van der Waals surface area contributed by atoms with E-state index in [1.54, 1.807) is 0 Å². The lowest BCUT2D eigenvalue weighted by molar-refractivity contribution is -0.138. The van der Waals surface area contributed by atoms with Crippen LogP contribution in [0.4, 0.5) is 0 Å². The Labute approximate surface area is 96.4 Å². The number of piperidine rings is 1. The molecule has 2 aliphatic heterocycles. The molecule has 0 saturated carbocycles. The van der Waals surface area contributed by atoms with E-state index in [4.69, 9.17) is 0 Å². The Bertz CT molecular complexity index is 303. The van der Waals surface area contributed by atoms with Gasteiger partial charge in [-0.3, -0.25) is 9.59 Å². The van der Waals surface area contributed by atoms with E-state index in [9.17, 15) is 9.59 Å². The average Bonchev–Trinajstić information content (AvgIpc) is 2.68. The molecule has 0 spiro atoms. The first-order valence-electron chi connectivity index (χ1n) is 6.13. The first-order chi connectivity index (χ1) is 7.58. The summed E-state index contributed by atoms with van der Waals surface area (Å²) in [6.45, 7) is 6.67. The Kier molecular flexibility index (Phi) is 3.17. The molecule has 90 valence electrons. The fourth-order valence-electron chi connectivity index (χ4n) is 2.50. The standard InChI is InChI=1S/C12H20N2O2/c1-8-3-4-14(7-9(8)2)12(16)10-5-11(15)13-6-10/h8-10H,3-7H2,1-2H3,(H,13,15). The van der Waals surface area contributed by atoms with Crippen LogP contribution >= 0.6 is 0 Å². The van der Waals surface area contributed by atoms with Crippen molar-refractivity contribution in [1.82, 2.24) is 10.2 Å². The van der Waals surface area contributed by atoms with Gasteiger partial charge in [-0.25, -0.2) is 0 Å². The van der Waals surface area contributed by atoms with E-state index in [2.05, 4.69) is 19.2 Å². The summed E-state index contributed by atoms with van der Waals surface area (Å²) in [4.78, 5) is 25.1. The summed E-state index contributed by atoms with van der Waals surface area (Å²) in [6.07, 6.45) is 1.46. The van der Waals surface area contributed by atoms with E-state index in [-0.39, 0.29) is 17.7 Å². The molecule has 3 unspecified atom stereocenters. The molecule has 4 heteroatoms. The van der Waals surface area contributed by atoms with Gasteiger partial charge >= 0.3 is 0 Å². The molecule has 2 saturated heterocycles. The Morgan fingerprint density at radius 3 is 2.69 bits per heavy atom. The molecule has 0 aliphatic carbocycles. The summed E-state index contributed by atoms with van der Waals surface area (Å²) in [5.74, 6) is 1.33. The summed E-state index contributed by atoms with van der Waals surface area (Å²) in [5.41, 5.74) is 0. The molecule has 2 rings (SSSR count). The molecule has 0 aromatic carbocycles. The molecule has 2 fully saturated rings. The molecule has 0 aromatic rings. The van der Waals surface area contributed by atoms with Crippen molar-refractivity contribution in [3.63, 3.8) is 0 Å². The van der Waals surface area contributed by atoms with Crippen LogP contribution in [0.5, 0.6) is 0 Å². The zero-order valence-corrected chi connectivity index (χ0v) is 10.0. The van der Waals surface area contributed by atoms with E-state index < -0.39 is 0 Å². The van der Waals surface area contributed by atoms with Crippen molar-refractivity contribution in [1.29, 1.82) is 0 Å². The summed E-state index contributed by atoms with van der Waals surface area (Å²) in [6, 6.07) is 0. The topological polar surface area (TPSA) is 49.4 Å². The number of hydrogen-bond donors (Lipinski definition) is 1. The van der Waals surface area contributed by atoms with Crippen LogP contribution in [-0.2, 0) is 9.59 Å². The van der Waals surface area contributed by atoms with E-state index in [0.29, 0.717) is 24.8 Å². The van der Waals surface area contributed by atoms with Gasteiger partial charge in [-0.05, 0) is 18.3 Å². The van der Waals surface area contributed by atoms with Crippen molar-refractivity contribution in [2.75, 3.05) is 19.6 Å². The maximum atomic E-state index is 12.1. The molecule has 4 nitrogen and oxygen atoms in total. The molecule has 0 bridgehead atoms. The Morgan fingerprint density at radius 1 is 1.38 bits per heavy atom. The Morgan fingerprint density at radius 2 is 2.12 bits per heavy atom. The molecule has 2 aliphatic rings. The minimum absolute atomic E-state index is 0.0109. The van der Waals surface area contributed by atoms with Gasteiger partial charge in [0.05, 0.1) is 5.92 Å². The fourth-order valence-corrected chi connectivity index (χ4v) is 2.50. The minimum atomic E-state index is -0.117. The van der Waals surface area contributed by atoms with Crippen LogP contribution in [-0.4, -0.2) is 36.3 Å². The Hall–Kier alpha value is -1.06. The molecular weight excluding hydrogens is 204 g/mol. The molecule has 1 N–H and O–H groups in total. The first kappa shape index (κ1) is 11.4. The molecule has 2 heterocycles. The number of likely N-dealkylation sites (tertiary alicyclic amines) is 1. The zero-order chi connectivity index (χ0) is 11.7. The van der Waals surface area contributed by atoms with Crippen molar-refractivity contribution in [2.45, 2.75) is 26.7 Å². The van der Waals surface area contributed by atoms with Crippen LogP contribution in [0, 0.1) is 17.8 Å². The van der Waals surface area contributed by atoms with Crippen LogP contribution in [0.25, 0.3) is 0 Å². The van der Waals surface area contributed by atoms with Gasteiger partial charge < -0.3 is 10.2 Å². The summed E-state index contributed by atoms with van der Waals surface area (Å²) < 4.78 is 0. The first-order valence-corrected chi connectivity index (χ1v) is 6.13. The van der Waals surface area contributed by atoms with Gasteiger partial charge in [0.2, 0.25) is 11.8 Å². The van der Waals surface area contributed by atoms with Gasteiger partial charge in [0.25, 0.3) is 0 Å². The lowest BCUT2D eigenvalue weighted by Gasteiger charge is -2.36. The largest absolute Gasteiger partial charge is 0.355 e. The van der Waals surface area contributed by atoms with Crippen LogP contribution in [0.1, 0.15) is 26.7 Å². The third-order valence-electron chi connectivity index (χ3n) is 3.97. The predicted molar refractivity (Wildman–Crippen MR) is 60.6 cm³/mol. The van der Waals surface area contributed by atoms with Gasteiger partial charge in [-0.2, -0.15) is 0 Å². The minimum Gasteiger partial charge on any atom is -0.355 e. The summed E-state index contributed by atoms with van der Waals surface area (Å²) in [7, 11) is 0. The highest BCUT2D eigenvalue weighted by Gasteiger charge is 2.34. The second-order valence-electron chi connectivity index (χ2n) is 5.23. The third-order valence-corrected chi connectivity index (χ3v) is 3.97. The lowest BCUT2D eigenvalue weighted by atomic mass is 9.88. The predicted octanol–water partition coefficient (Wildman–Crippen LogP) is 0.627. The number of carbonyl (C=O) groups excluding carboxylic acids is 2. The highest BCUT2D eigenvalue weighted by molar-refractivity contribution is 5.89. The molecule has 3 atom stereocenters. The quantitative estimate of drug-likeness (QED) is 0.710. The van der Waals surface area contributed by atoms with Gasteiger partial charge in [-0.15, -0.1) is 0 Å². The number of nitrogens with zero attached hydrogens (tertiary/aromatic N) is 1. The second kappa shape index (κ2) is 4.44. The van der Waals surface area contributed by atoms with E-state index in [0.717, 1.165) is 19.5 Å². The molecule has 0 radical (unpaired) electrons. The Balaban J connectivity index is 1.92. The summed E-state index contributed by atoms with van der Waals surface area (Å²) >= 11 is 0. The van der Waals surface area contributed by atoms with Crippen LogP contribution < -0.4 is 5.32 Å². The van der Waals surface area contributed by atoms with Crippen molar-refractivity contribution < 1.29 is 9.59 Å². The number of amides is 2. The van der Waals surface area contributed by atoms with Gasteiger partial charge in [0, 0.05) is 26.1 Å². The maximum Gasteiger partial charge on any atom is 0.227 e. The van der Waals surface area contributed by atoms with E-state index in [1.807, 2.05) is 4.90 Å². The van der Waals surface area contributed by atoms with Crippen LogP contribution in [0.15, 0.2) is 0 Å². The summed E-state index contributed by atoms with van der Waals surface area (Å²) in [5, 5.41) is 2.72. The van der Waals surface area contributed by atoms with Crippen LogP contribution in [0.3, 0.4) is 0 Å². The zero-order valence-electron chi connectivity index (χ0n) is 10.0. The normalized spacial score (nSPS) is 35.0. The van der Waals surface area contributed by atoms with Gasteiger partial charge in [0.1, 0.15) is 0 Å². The SMILES string of the molecule is CC1CCN(C(=O)C2CNC(=O)C2)CC1C. The number of nitrogens with one attached hydrogen (secondary N) is 1. The van der Waals surface area contributed by atoms with Crippen molar-refractivity contribution in [3.8, 4) is 0 Å². The maximum absolute atomic E-state index is 12.1. The molecule has 16 heavy (non-hydrogen) atoms. The highest BCUT2D eigenvalue weighted by Crippen LogP contribution is 2.24. The van der Waals surface area contributed by atoms with Crippen molar-refractivity contribution >= 4 is 11.8 Å². The lowest BCUT2D eigenvalue weighted by Crippen LogP contribution is -2.45. The average molecular weight is 224 g/mol. The van der Waals surface area contributed by atoms with E-state index >= 15 is 0 Å². The highest BCUT2D eigenvalue weighted by atomic mass is 16.2. The number of carbonyl (C=O) groups is 2.